The summed E-state index contributed by atoms with van der Waals surface area (Å²) < 4.78 is 11.2. The fraction of sp³-hybridized carbons (Fsp3) is 0.0909. The third kappa shape index (κ3) is 5.83. The average Bonchev–Trinajstić information content (AvgIpc) is 3.26. The van der Waals surface area contributed by atoms with Gasteiger partial charge in [-0.05, 0) is 60.2 Å². The maximum absolute atomic E-state index is 12.7. The molecule has 148 valence electrons. The van der Waals surface area contributed by atoms with Crippen molar-refractivity contribution in [3.63, 3.8) is 0 Å². The van der Waals surface area contributed by atoms with Crippen LogP contribution in [0.15, 0.2) is 81.5 Å². The topological polar surface area (TPSA) is 80.6 Å². The zero-order chi connectivity index (χ0) is 20.6. The van der Waals surface area contributed by atoms with Crippen molar-refractivity contribution in [1.29, 1.82) is 0 Å². The van der Waals surface area contributed by atoms with Gasteiger partial charge in [-0.2, -0.15) is 0 Å². The normalized spacial score (nSPS) is 11.0. The standard InChI is InChI=1S/C22H19BrN2O4/c1-28-18-10-4-15(5-11-18)13-20(22(27)24-14-19-3-2-12-29-19)25-21(26)16-6-8-17(23)9-7-16/h2-13H,14H2,1H3,(H,24,27)(H,25,26)/b20-13+. The van der Waals surface area contributed by atoms with Crippen LogP contribution in [-0.4, -0.2) is 18.9 Å². The molecule has 0 aliphatic rings. The highest BCUT2D eigenvalue weighted by molar-refractivity contribution is 9.10. The summed E-state index contributed by atoms with van der Waals surface area (Å²) in [5.74, 6) is 0.499. The van der Waals surface area contributed by atoms with Crippen LogP contribution in [0.4, 0.5) is 0 Å². The summed E-state index contributed by atoms with van der Waals surface area (Å²) in [6.45, 7) is 0.208. The summed E-state index contributed by atoms with van der Waals surface area (Å²) in [4.78, 5) is 25.3. The van der Waals surface area contributed by atoms with Crippen molar-refractivity contribution in [2.75, 3.05) is 7.11 Å². The number of methoxy groups -OCH3 is 1. The lowest BCUT2D eigenvalue weighted by atomic mass is 10.1. The Labute approximate surface area is 176 Å². The summed E-state index contributed by atoms with van der Waals surface area (Å²) in [7, 11) is 1.58. The van der Waals surface area contributed by atoms with E-state index < -0.39 is 5.91 Å². The Morgan fingerprint density at radius 1 is 1.07 bits per heavy atom. The van der Waals surface area contributed by atoms with E-state index in [9.17, 15) is 9.59 Å². The molecule has 0 unspecified atom stereocenters. The average molecular weight is 455 g/mol. The van der Waals surface area contributed by atoms with Gasteiger partial charge in [0.25, 0.3) is 11.8 Å². The van der Waals surface area contributed by atoms with Gasteiger partial charge in [-0.1, -0.05) is 28.1 Å². The highest BCUT2D eigenvalue weighted by Gasteiger charge is 2.15. The number of nitrogens with one attached hydrogen (secondary N) is 2. The maximum atomic E-state index is 12.7. The molecule has 0 atom stereocenters. The highest BCUT2D eigenvalue weighted by atomic mass is 79.9. The SMILES string of the molecule is COc1ccc(/C=C(/NC(=O)c2ccc(Br)cc2)C(=O)NCc2ccco2)cc1. The Morgan fingerprint density at radius 3 is 2.41 bits per heavy atom. The molecule has 2 aromatic carbocycles. The van der Waals surface area contributed by atoms with E-state index in [-0.39, 0.29) is 18.1 Å². The van der Waals surface area contributed by atoms with E-state index in [1.165, 1.54) is 6.26 Å². The quantitative estimate of drug-likeness (QED) is 0.525. The molecule has 1 heterocycles. The van der Waals surface area contributed by atoms with Crippen molar-refractivity contribution in [3.05, 3.63) is 94.0 Å². The Balaban J connectivity index is 1.80. The molecule has 0 spiro atoms. The number of carbonyl (C=O) groups excluding carboxylic acids is 2. The molecule has 29 heavy (non-hydrogen) atoms. The largest absolute Gasteiger partial charge is 0.497 e. The van der Waals surface area contributed by atoms with Gasteiger partial charge in [0.1, 0.15) is 17.2 Å². The third-order valence-electron chi connectivity index (χ3n) is 4.03. The number of hydrogen-bond donors (Lipinski definition) is 2. The molecule has 0 radical (unpaired) electrons. The van der Waals surface area contributed by atoms with Crippen molar-refractivity contribution < 1.29 is 18.7 Å². The molecule has 0 aliphatic carbocycles. The molecule has 0 fully saturated rings. The summed E-state index contributed by atoms with van der Waals surface area (Å²) in [6.07, 6.45) is 3.14. The lowest BCUT2D eigenvalue weighted by molar-refractivity contribution is -0.118. The minimum atomic E-state index is -0.428. The highest BCUT2D eigenvalue weighted by Crippen LogP contribution is 2.15. The minimum Gasteiger partial charge on any atom is -0.497 e. The molecule has 2 N–H and O–H groups in total. The molecule has 7 heteroatoms. The van der Waals surface area contributed by atoms with Gasteiger partial charge in [0.15, 0.2) is 0 Å². The van der Waals surface area contributed by atoms with Gasteiger partial charge in [-0.3, -0.25) is 9.59 Å². The molecule has 6 nitrogen and oxygen atoms in total. The summed E-state index contributed by atoms with van der Waals surface area (Å²) in [5.41, 5.74) is 1.30. The number of amides is 2. The smallest absolute Gasteiger partial charge is 0.268 e. The van der Waals surface area contributed by atoms with Crippen LogP contribution in [0.1, 0.15) is 21.7 Å². The predicted octanol–water partition coefficient (Wildman–Crippen LogP) is 4.14. The van der Waals surface area contributed by atoms with Crippen LogP contribution in [0, 0.1) is 0 Å². The first-order chi connectivity index (χ1) is 14.0. The zero-order valence-electron chi connectivity index (χ0n) is 15.6. The summed E-state index contributed by atoms with van der Waals surface area (Å²) in [5, 5.41) is 5.44. The molecule has 0 aliphatic heterocycles. The van der Waals surface area contributed by atoms with Crippen LogP contribution in [0.2, 0.25) is 0 Å². The van der Waals surface area contributed by atoms with E-state index in [0.29, 0.717) is 17.1 Å². The maximum Gasteiger partial charge on any atom is 0.268 e. The number of halogens is 1. The Hall–Kier alpha value is -3.32. The molecule has 2 amide bonds. The van der Waals surface area contributed by atoms with Crippen molar-refractivity contribution >= 4 is 33.8 Å². The Morgan fingerprint density at radius 2 is 1.79 bits per heavy atom. The number of rotatable bonds is 7. The van der Waals surface area contributed by atoms with E-state index in [4.69, 9.17) is 9.15 Å². The number of furan rings is 1. The van der Waals surface area contributed by atoms with Crippen molar-refractivity contribution in [3.8, 4) is 5.75 Å². The molecule has 1 aromatic heterocycles. The van der Waals surface area contributed by atoms with Crippen molar-refractivity contribution in [2.45, 2.75) is 6.54 Å². The summed E-state index contributed by atoms with van der Waals surface area (Å²) >= 11 is 3.34. The lowest BCUT2D eigenvalue weighted by Gasteiger charge is -2.11. The second-order valence-electron chi connectivity index (χ2n) is 6.05. The molecular weight excluding hydrogens is 436 g/mol. The van der Waals surface area contributed by atoms with Gasteiger partial charge in [0.2, 0.25) is 0 Å². The monoisotopic (exact) mass is 454 g/mol. The van der Waals surface area contributed by atoms with Crippen LogP contribution in [0.3, 0.4) is 0 Å². The van der Waals surface area contributed by atoms with E-state index in [0.717, 1.165) is 10.0 Å². The van der Waals surface area contributed by atoms with Gasteiger partial charge >= 0.3 is 0 Å². The van der Waals surface area contributed by atoms with Crippen molar-refractivity contribution in [2.24, 2.45) is 0 Å². The number of benzene rings is 2. The van der Waals surface area contributed by atoms with Gasteiger partial charge in [0, 0.05) is 10.0 Å². The van der Waals surface area contributed by atoms with Gasteiger partial charge in [0.05, 0.1) is 19.9 Å². The van der Waals surface area contributed by atoms with E-state index in [1.807, 2.05) is 0 Å². The van der Waals surface area contributed by atoms with Crippen LogP contribution in [0.5, 0.6) is 5.75 Å². The molecule has 0 saturated carbocycles. The molecule has 3 rings (SSSR count). The fourth-order valence-electron chi connectivity index (χ4n) is 2.50. The second kappa shape index (κ2) is 9.75. The molecular formula is C22H19BrN2O4. The van der Waals surface area contributed by atoms with Gasteiger partial charge in [-0.25, -0.2) is 0 Å². The summed E-state index contributed by atoms with van der Waals surface area (Å²) in [6, 6.07) is 17.5. The third-order valence-corrected chi connectivity index (χ3v) is 4.56. The molecule has 0 bridgehead atoms. The Bertz CT molecular complexity index is 994. The van der Waals surface area contributed by atoms with E-state index >= 15 is 0 Å². The predicted molar refractivity (Wildman–Crippen MR) is 113 cm³/mol. The fourth-order valence-corrected chi connectivity index (χ4v) is 2.76. The van der Waals surface area contributed by atoms with Crippen molar-refractivity contribution in [1.82, 2.24) is 10.6 Å². The van der Waals surface area contributed by atoms with Crippen LogP contribution in [-0.2, 0) is 11.3 Å². The lowest BCUT2D eigenvalue weighted by Crippen LogP contribution is -2.34. The van der Waals surface area contributed by atoms with Gasteiger partial charge < -0.3 is 19.8 Å². The first kappa shape index (κ1) is 20.4. The number of hydrogen-bond acceptors (Lipinski definition) is 4. The second-order valence-corrected chi connectivity index (χ2v) is 6.97. The minimum absolute atomic E-state index is 0.120. The first-order valence-corrected chi connectivity index (χ1v) is 9.57. The van der Waals surface area contributed by atoms with Crippen LogP contribution >= 0.6 is 15.9 Å². The Kier molecular flexibility index (Phi) is 6.86. The van der Waals surface area contributed by atoms with Crippen LogP contribution in [0.25, 0.3) is 6.08 Å². The van der Waals surface area contributed by atoms with E-state index in [2.05, 4.69) is 26.6 Å². The first-order valence-electron chi connectivity index (χ1n) is 8.78. The molecule has 3 aromatic rings. The van der Waals surface area contributed by atoms with Crippen LogP contribution < -0.4 is 15.4 Å². The van der Waals surface area contributed by atoms with E-state index in [1.54, 1.807) is 73.8 Å². The number of carbonyl (C=O) groups is 2. The zero-order valence-corrected chi connectivity index (χ0v) is 17.2. The van der Waals surface area contributed by atoms with Gasteiger partial charge in [-0.15, -0.1) is 0 Å². The number of ether oxygens (including phenoxy) is 1. The molecule has 0 saturated heterocycles.